The molecule has 2 aliphatic rings. The predicted molar refractivity (Wildman–Crippen MR) is 93.0 cm³/mol. The number of aromatic nitrogens is 1. The number of rotatable bonds is 5. The number of anilines is 1. The van der Waals surface area contributed by atoms with E-state index >= 15 is 0 Å². The van der Waals surface area contributed by atoms with Gasteiger partial charge in [0.05, 0.1) is 11.8 Å². The van der Waals surface area contributed by atoms with Crippen molar-refractivity contribution in [3.63, 3.8) is 0 Å². The van der Waals surface area contributed by atoms with E-state index in [1.807, 2.05) is 12.1 Å². The Morgan fingerprint density at radius 1 is 1.29 bits per heavy atom. The molecule has 1 aliphatic heterocycles. The lowest BCUT2D eigenvalue weighted by Crippen LogP contribution is -2.16. The molecule has 5 nitrogen and oxygen atoms in total. The Morgan fingerprint density at radius 3 is 2.92 bits per heavy atom. The lowest BCUT2D eigenvalue weighted by atomic mass is 10.2. The Balaban J connectivity index is 1.34. The maximum Gasteiger partial charge on any atom is 0.257 e. The van der Waals surface area contributed by atoms with Crippen LogP contribution in [0.15, 0.2) is 24.3 Å². The molecule has 0 radical (unpaired) electrons. The summed E-state index contributed by atoms with van der Waals surface area (Å²) in [5, 5.41) is 3.59. The zero-order valence-electron chi connectivity index (χ0n) is 13.4. The van der Waals surface area contributed by atoms with Crippen molar-refractivity contribution in [3.8, 4) is 5.75 Å². The highest BCUT2D eigenvalue weighted by Gasteiger charge is 2.18. The average Bonchev–Trinajstić information content (AvgIpc) is 3.30. The zero-order chi connectivity index (χ0) is 16.4. The second-order valence-corrected chi connectivity index (χ2v) is 7.25. The highest BCUT2D eigenvalue weighted by molar-refractivity contribution is 7.15. The summed E-state index contributed by atoms with van der Waals surface area (Å²) in [5.41, 5.74) is 1.75. The largest absolute Gasteiger partial charge is 0.491 e. The van der Waals surface area contributed by atoms with E-state index in [0.717, 1.165) is 43.7 Å². The van der Waals surface area contributed by atoms with E-state index < -0.39 is 0 Å². The van der Waals surface area contributed by atoms with Crippen molar-refractivity contribution in [1.29, 1.82) is 0 Å². The number of hydrogen-bond acceptors (Lipinski definition) is 5. The molecule has 4 rings (SSSR count). The van der Waals surface area contributed by atoms with Gasteiger partial charge in [-0.25, -0.2) is 4.98 Å². The summed E-state index contributed by atoms with van der Waals surface area (Å²) in [4.78, 5) is 18.1. The summed E-state index contributed by atoms with van der Waals surface area (Å²) in [7, 11) is 0. The standard InChI is InChI=1S/C18H20N2O3S/c21-17(20-18-19-15-4-1-5-16(15)24-18)12-6-8-13(9-7-12)23-11-14-3-2-10-22-14/h6-9,14H,1-5,10-11H2,(H,19,20,21)/t14-/m1/s1. The predicted octanol–water partition coefficient (Wildman–Crippen LogP) is 3.44. The molecule has 1 saturated heterocycles. The number of carbonyl (C=O) groups is 1. The third-order valence-electron chi connectivity index (χ3n) is 4.39. The Bertz CT molecular complexity index is 699. The van der Waals surface area contributed by atoms with Crippen LogP contribution in [0.1, 0.15) is 40.2 Å². The van der Waals surface area contributed by atoms with Gasteiger partial charge in [-0.05, 0) is 56.4 Å². The molecule has 6 heteroatoms. The molecule has 0 saturated carbocycles. The fourth-order valence-corrected chi connectivity index (χ4v) is 4.13. The van der Waals surface area contributed by atoms with Crippen LogP contribution in [-0.4, -0.2) is 30.2 Å². The van der Waals surface area contributed by atoms with Gasteiger partial charge in [0, 0.05) is 17.0 Å². The lowest BCUT2D eigenvalue weighted by molar-refractivity contribution is 0.0679. The zero-order valence-corrected chi connectivity index (χ0v) is 14.2. The molecule has 1 atom stereocenters. The monoisotopic (exact) mass is 344 g/mol. The molecule has 126 valence electrons. The molecule has 1 fully saturated rings. The van der Waals surface area contributed by atoms with Crippen molar-refractivity contribution in [1.82, 2.24) is 4.98 Å². The molecule has 1 aliphatic carbocycles. The van der Waals surface area contributed by atoms with Crippen molar-refractivity contribution in [2.75, 3.05) is 18.5 Å². The van der Waals surface area contributed by atoms with E-state index in [-0.39, 0.29) is 12.0 Å². The van der Waals surface area contributed by atoms with Crippen LogP contribution in [0.4, 0.5) is 5.13 Å². The first-order chi connectivity index (χ1) is 11.8. The molecule has 24 heavy (non-hydrogen) atoms. The van der Waals surface area contributed by atoms with Crippen molar-refractivity contribution in [2.24, 2.45) is 0 Å². The van der Waals surface area contributed by atoms with Crippen LogP contribution in [0.3, 0.4) is 0 Å². The molecule has 2 heterocycles. The third-order valence-corrected chi connectivity index (χ3v) is 5.47. The number of ether oxygens (including phenoxy) is 2. The van der Waals surface area contributed by atoms with Crippen LogP contribution >= 0.6 is 11.3 Å². The fourth-order valence-electron chi connectivity index (χ4n) is 3.08. The van der Waals surface area contributed by atoms with Crippen LogP contribution in [0.2, 0.25) is 0 Å². The van der Waals surface area contributed by atoms with Crippen molar-refractivity contribution in [3.05, 3.63) is 40.4 Å². The minimum atomic E-state index is -0.131. The number of carbonyl (C=O) groups excluding carboxylic acids is 1. The van der Waals surface area contributed by atoms with Crippen LogP contribution in [0.5, 0.6) is 5.75 Å². The summed E-state index contributed by atoms with van der Waals surface area (Å²) in [6, 6.07) is 7.21. The molecule has 1 N–H and O–H groups in total. The SMILES string of the molecule is O=C(Nc1nc2c(s1)CCC2)c1ccc(OC[C@H]2CCCO2)cc1. The molecular weight excluding hydrogens is 324 g/mol. The molecule has 0 bridgehead atoms. The van der Waals surface area contributed by atoms with Gasteiger partial charge in [-0.3, -0.25) is 10.1 Å². The van der Waals surface area contributed by atoms with E-state index in [4.69, 9.17) is 9.47 Å². The van der Waals surface area contributed by atoms with Gasteiger partial charge in [-0.15, -0.1) is 11.3 Å². The Morgan fingerprint density at radius 2 is 2.17 bits per heavy atom. The van der Waals surface area contributed by atoms with E-state index in [9.17, 15) is 4.79 Å². The van der Waals surface area contributed by atoms with Gasteiger partial charge in [-0.1, -0.05) is 0 Å². The van der Waals surface area contributed by atoms with Crippen LogP contribution in [0.25, 0.3) is 0 Å². The Labute approximate surface area is 145 Å². The van der Waals surface area contributed by atoms with E-state index in [1.54, 1.807) is 23.5 Å². The number of aryl methyl sites for hydroxylation is 2. The first kappa shape index (κ1) is 15.6. The number of fused-ring (bicyclic) bond motifs is 1. The van der Waals surface area contributed by atoms with Gasteiger partial charge in [0.25, 0.3) is 5.91 Å². The average molecular weight is 344 g/mol. The van der Waals surface area contributed by atoms with Crippen molar-refractivity contribution in [2.45, 2.75) is 38.2 Å². The maximum absolute atomic E-state index is 12.3. The first-order valence-electron chi connectivity index (χ1n) is 8.42. The molecular formula is C18H20N2O3S. The minimum absolute atomic E-state index is 0.131. The van der Waals surface area contributed by atoms with Gasteiger partial charge >= 0.3 is 0 Å². The van der Waals surface area contributed by atoms with Gasteiger partial charge in [0.2, 0.25) is 0 Å². The minimum Gasteiger partial charge on any atom is -0.491 e. The quantitative estimate of drug-likeness (QED) is 0.902. The van der Waals surface area contributed by atoms with Crippen molar-refractivity contribution >= 4 is 22.4 Å². The normalized spacial score (nSPS) is 19.2. The fraction of sp³-hybridized carbons (Fsp3) is 0.444. The smallest absolute Gasteiger partial charge is 0.257 e. The summed E-state index contributed by atoms with van der Waals surface area (Å²) >= 11 is 1.59. The third kappa shape index (κ3) is 3.44. The molecule has 1 aromatic heterocycles. The van der Waals surface area contributed by atoms with Gasteiger partial charge in [0.1, 0.15) is 12.4 Å². The van der Waals surface area contributed by atoms with E-state index in [2.05, 4.69) is 10.3 Å². The second kappa shape index (κ2) is 6.91. The topological polar surface area (TPSA) is 60.5 Å². The van der Waals surface area contributed by atoms with E-state index in [1.165, 1.54) is 11.3 Å². The van der Waals surface area contributed by atoms with Crippen LogP contribution in [0, 0.1) is 0 Å². The Kier molecular flexibility index (Phi) is 4.49. The second-order valence-electron chi connectivity index (χ2n) is 6.17. The molecule has 0 unspecified atom stereocenters. The number of hydrogen-bond donors (Lipinski definition) is 1. The molecule has 1 amide bonds. The van der Waals surface area contributed by atoms with Crippen LogP contribution in [-0.2, 0) is 17.6 Å². The maximum atomic E-state index is 12.3. The summed E-state index contributed by atoms with van der Waals surface area (Å²) in [5.74, 6) is 0.628. The van der Waals surface area contributed by atoms with Crippen molar-refractivity contribution < 1.29 is 14.3 Å². The highest BCUT2D eigenvalue weighted by atomic mass is 32.1. The number of nitrogens with one attached hydrogen (secondary N) is 1. The summed E-state index contributed by atoms with van der Waals surface area (Å²) in [6.07, 6.45) is 5.64. The number of thiazole rings is 1. The Hall–Kier alpha value is -1.92. The summed E-state index contributed by atoms with van der Waals surface area (Å²) in [6.45, 7) is 1.39. The van der Waals surface area contributed by atoms with E-state index in [0.29, 0.717) is 17.3 Å². The lowest BCUT2D eigenvalue weighted by Gasteiger charge is -2.11. The highest BCUT2D eigenvalue weighted by Crippen LogP contribution is 2.30. The number of nitrogens with zero attached hydrogens (tertiary/aromatic N) is 1. The van der Waals surface area contributed by atoms with Gasteiger partial charge in [-0.2, -0.15) is 0 Å². The molecule has 1 aromatic carbocycles. The van der Waals surface area contributed by atoms with Gasteiger partial charge < -0.3 is 9.47 Å². The van der Waals surface area contributed by atoms with Gasteiger partial charge in [0.15, 0.2) is 5.13 Å². The summed E-state index contributed by atoms with van der Waals surface area (Å²) < 4.78 is 11.3. The van der Waals surface area contributed by atoms with Crippen LogP contribution < -0.4 is 10.1 Å². The molecule has 2 aromatic rings. The molecule has 0 spiro atoms. The number of amides is 1. The first-order valence-corrected chi connectivity index (χ1v) is 9.24. The number of benzene rings is 1.